The number of aryl methyl sites for hydroxylation is 2. The lowest BCUT2D eigenvalue weighted by molar-refractivity contribution is -0.119. The van der Waals surface area contributed by atoms with Gasteiger partial charge in [-0.05, 0) is 70.2 Å². The zero-order valence-corrected chi connectivity index (χ0v) is 19.4. The van der Waals surface area contributed by atoms with Crippen molar-refractivity contribution >= 4 is 17.6 Å². The Morgan fingerprint density at radius 2 is 1.62 bits per heavy atom. The first-order chi connectivity index (χ1) is 16.3. The fourth-order valence-corrected chi connectivity index (χ4v) is 3.99. The minimum atomic E-state index is -0.606. The van der Waals surface area contributed by atoms with Crippen LogP contribution in [0.3, 0.4) is 0 Å². The van der Waals surface area contributed by atoms with Gasteiger partial charge in [0.1, 0.15) is 5.82 Å². The molecule has 34 heavy (non-hydrogen) atoms. The number of hydrogen-bond acceptors (Lipinski definition) is 4. The van der Waals surface area contributed by atoms with Crippen LogP contribution in [0.25, 0.3) is 11.4 Å². The summed E-state index contributed by atoms with van der Waals surface area (Å²) in [5.41, 5.74) is 5.40. The van der Waals surface area contributed by atoms with E-state index < -0.39 is 18.5 Å². The van der Waals surface area contributed by atoms with Crippen LogP contribution in [0.5, 0.6) is 0 Å². The highest BCUT2D eigenvalue weighted by Crippen LogP contribution is 2.24. The summed E-state index contributed by atoms with van der Waals surface area (Å²) in [4.78, 5) is 25.2. The highest BCUT2D eigenvalue weighted by Gasteiger charge is 2.20. The Labute approximate surface area is 196 Å². The van der Waals surface area contributed by atoms with E-state index in [1.165, 1.54) is 12.1 Å². The van der Waals surface area contributed by atoms with Crippen molar-refractivity contribution in [2.45, 2.75) is 27.7 Å². The molecule has 0 atom stereocenters. The van der Waals surface area contributed by atoms with Crippen LogP contribution < -0.4 is 5.32 Å². The van der Waals surface area contributed by atoms with Crippen LogP contribution in [-0.4, -0.2) is 32.8 Å². The van der Waals surface area contributed by atoms with Crippen LogP contribution in [0.15, 0.2) is 60.7 Å². The normalized spacial score (nSPS) is 10.9. The number of amides is 1. The number of aromatic nitrogens is 3. The van der Waals surface area contributed by atoms with Crippen molar-refractivity contribution in [3.63, 3.8) is 0 Å². The largest absolute Gasteiger partial charge is 0.452 e. The summed E-state index contributed by atoms with van der Waals surface area (Å²) in [6, 6.07) is 17.3. The molecule has 0 aliphatic heterocycles. The van der Waals surface area contributed by atoms with Crippen molar-refractivity contribution in [3.8, 4) is 11.4 Å². The fourth-order valence-electron chi connectivity index (χ4n) is 3.99. The maximum atomic E-state index is 13.3. The van der Waals surface area contributed by atoms with Gasteiger partial charge in [0, 0.05) is 17.1 Å². The highest BCUT2D eigenvalue weighted by molar-refractivity contribution is 5.96. The third-order valence-corrected chi connectivity index (χ3v) is 5.63. The summed E-state index contributed by atoms with van der Waals surface area (Å²) in [5, 5.41) is 7.30. The van der Waals surface area contributed by atoms with Gasteiger partial charge in [-0.25, -0.2) is 13.9 Å². The number of para-hydroxylation sites is 1. The second kappa shape index (κ2) is 9.35. The van der Waals surface area contributed by atoms with Crippen LogP contribution in [-0.2, 0) is 9.53 Å². The van der Waals surface area contributed by atoms with E-state index in [-0.39, 0.29) is 5.82 Å². The second-order valence-corrected chi connectivity index (χ2v) is 8.01. The Balaban J connectivity index is 1.44. The fraction of sp³-hybridized carbons (Fsp3) is 0.192. The Morgan fingerprint density at radius 3 is 2.29 bits per heavy atom. The predicted molar refractivity (Wildman–Crippen MR) is 127 cm³/mol. The van der Waals surface area contributed by atoms with Crippen LogP contribution >= 0.6 is 0 Å². The Hall–Kier alpha value is -4.20. The number of carbonyl (C=O) groups excluding carboxylic acids is 2. The molecular formula is C26H25FN4O3. The first-order valence-corrected chi connectivity index (χ1v) is 10.8. The standard InChI is InChI=1S/C26H25FN4O3/c1-16-14-23(18(3)30(16)21-12-10-20(27)11-13-21)26(33)34-15-24(32)28-25-17(2)29-31(19(25)4)22-8-6-5-7-9-22/h5-14H,15H2,1-4H3,(H,28,32). The average molecular weight is 461 g/mol. The topological polar surface area (TPSA) is 78.2 Å². The molecule has 0 spiro atoms. The van der Waals surface area contributed by atoms with Gasteiger partial charge >= 0.3 is 5.97 Å². The van der Waals surface area contributed by atoms with Gasteiger partial charge in [0.25, 0.3) is 5.91 Å². The molecule has 0 radical (unpaired) electrons. The molecule has 8 heteroatoms. The Morgan fingerprint density at radius 1 is 0.941 bits per heavy atom. The van der Waals surface area contributed by atoms with Crippen molar-refractivity contribution < 1.29 is 18.7 Å². The van der Waals surface area contributed by atoms with Gasteiger partial charge in [-0.15, -0.1) is 0 Å². The summed E-state index contributed by atoms with van der Waals surface area (Å²) in [6.45, 7) is 6.85. The number of halogens is 1. The molecule has 1 amide bonds. The summed E-state index contributed by atoms with van der Waals surface area (Å²) in [6.07, 6.45) is 0. The van der Waals surface area contributed by atoms with Gasteiger partial charge in [-0.2, -0.15) is 5.10 Å². The van der Waals surface area contributed by atoms with E-state index in [1.807, 2.05) is 48.7 Å². The number of anilines is 1. The molecule has 2 aromatic carbocycles. The van der Waals surface area contributed by atoms with E-state index in [2.05, 4.69) is 10.4 Å². The zero-order valence-electron chi connectivity index (χ0n) is 19.4. The van der Waals surface area contributed by atoms with Crippen molar-refractivity contribution in [2.24, 2.45) is 0 Å². The van der Waals surface area contributed by atoms with Crippen LogP contribution in [0.1, 0.15) is 33.1 Å². The van der Waals surface area contributed by atoms with Crippen molar-refractivity contribution in [1.29, 1.82) is 0 Å². The third-order valence-electron chi connectivity index (χ3n) is 5.63. The van der Waals surface area contributed by atoms with E-state index in [0.717, 1.165) is 22.8 Å². The quantitative estimate of drug-likeness (QED) is 0.418. The van der Waals surface area contributed by atoms with Gasteiger partial charge in [-0.1, -0.05) is 18.2 Å². The summed E-state index contributed by atoms with van der Waals surface area (Å²) < 4.78 is 22.2. The summed E-state index contributed by atoms with van der Waals surface area (Å²) in [5.74, 6) is -1.40. The second-order valence-electron chi connectivity index (χ2n) is 8.01. The van der Waals surface area contributed by atoms with Crippen LogP contribution in [0.4, 0.5) is 10.1 Å². The highest BCUT2D eigenvalue weighted by atomic mass is 19.1. The van der Waals surface area contributed by atoms with Crippen molar-refractivity contribution in [2.75, 3.05) is 11.9 Å². The summed E-state index contributed by atoms with van der Waals surface area (Å²) in [7, 11) is 0. The number of carbonyl (C=O) groups is 2. The molecule has 4 rings (SSSR count). The molecule has 0 bridgehead atoms. The molecule has 7 nitrogen and oxygen atoms in total. The monoisotopic (exact) mass is 460 g/mol. The number of rotatable bonds is 6. The maximum Gasteiger partial charge on any atom is 0.340 e. The molecular weight excluding hydrogens is 435 g/mol. The average Bonchev–Trinajstić information content (AvgIpc) is 3.28. The SMILES string of the molecule is Cc1nn(-c2ccccc2)c(C)c1NC(=O)COC(=O)c1cc(C)n(-c2ccc(F)cc2)c1C. The number of esters is 1. The van der Waals surface area contributed by atoms with Gasteiger partial charge in [-0.3, -0.25) is 4.79 Å². The lowest BCUT2D eigenvalue weighted by atomic mass is 10.2. The molecule has 174 valence electrons. The van der Waals surface area contributed by atoms with Gasteiger partial charge in [0.2, 0.25) is 0 Å². The van der Waals surface area contributed by atoms with E-state index in [4.69, 9.17) is 4.74 Å². The minimum absolute atomic E-state index is 0.336. The zero-order chi connectivity index (χ0) is 24.4. The number of hydrogen-bond donors (Lipinski definition) is 1. The van der Waals surface area contributed by atoms with Crippen molar-refractivity contribution in [3.05, 3.63) is 94.8 Å². The molecule has 0 aliphatic carbocycles. The summed E-state index contributed by atoms with van der Waals surface area (Å²) >= 11 is 0. The number of nitrogens with zero attached hydrogens (tertiary/aromatic N) is 3. The molecule has 0 aliphatic rings. The van der Waals surface area contributed by atoms with Crippen LogP contribution in [0, 0.1) is 33.5 Å². The molecule has 4 aromatic rings. The number of benzene rings is 2. The molecule has 0 saturated carbocycles. The lowest BCUT2D eigenvalue weighted by Gasteiger charge is -2.10. The Bertz CT molecular complexity index is 1360. The smallest absolute Gasteiger partial charge is 0.340 e. The Kier molecular flexibility index (Phi) is 6.32. The van der Waals surface area contributed by atoms with Crippen LogP contribution in [0.2, 0.25) is 0 Å². The van der Waals surface area contributed by atoms with Crippen molar-refractivity contribution in [1.82, 2.24) is 14.3 Å². The first kappa shape index (κ1) is 23.0. The van der Waals surface area contributed by atoms with Gasteiger partial charge < -0.3 is 14.6 Å². The number of nitrogens with one attached hydrogen (secondary N) is 1. The molecule has 0 fully saturated rings. The lowest BCUT2D eigenvalue weighted by Crippen LogP contribution is -2.21. The maximum absolute atomic E-state index is 13.3. The van der Waals surface area contributed by atoms with Gasteiger partial charge in [0.15, 0.2) is 6.61 Å². The van der Waals surface area contributed by atoms with E-state index in [9.17, 15) is 14.0 Å². The van der Waals surface area contributed by atoms with Gasteiger partial charge in [0.05, 0.1) is 28.3 Å². The van der Waals surface area contributed by atoms with E-state index in [0.29, 0.717) is 22.6 Å². The van der Waals surface area contributed by atoms with E-state index >= 15 is 0 Å². The minimum Gasteiger partial charge on any atom is -0.452 e. The molecule has 2 aromatic heterocycles. The third kappa shape index (κ3) is 4.47. The van der Waals surface area contributed by atoms with E-state index in [1.54, 1.807) is 36.7 Å². The molecule has 1 N–H and O–H groups in total. The first-order valence-electron chi connectivity index (χ1n) is 10.8. The predicted octanol–water partition coefficient (Wildman–Crippen LogP) is 4.83. The molecule has 0 unspecified atom stereocenters. The molecule has 2 heterocycles. The number of ether oxygens (including phenoxy) is 1. The molecule has 0 saturated heterocycles.